The molecule has 0 bridgehead atoms. The third kappa shape index (κ3) is 5.58. The van der Waals surface area contributed by atoms with E-state index in [1.54, 1.807) is 48.5 Å². The van der Waals surface area contributed by atoms with Gasteiger partial charge in [-0.3, -0.25) is 4.79 Å². The minimum Gasteiger partial charge on any atom is -0.489 e. The van der Waals surface area contributed by atoms with Crippen molar-refractivity contribution in [3.63, 3.8) is 0 Å². The molecule has 0 aromatic heterocycles. The van der Waals surface area contributed by atoms with Gasteiger partial charge in [-0.25, -0.2) is 8.42 Å². The van der Waals surface area contributed by atoms with Gasteiger partial charge in [-0.05, 0) is 66.4 Å². The second kappa shape index (κ2) is 10.6. The number of carbonyl (C=O) groups is 1. The van der Waals surface area contributed by atoms with E-state index in [1.807, 2.05) is 61.5 Å². The summed E-state index contributed by atoms with van der Waals surface area (Å²) in [5, 5.41) is 2.91. The maximum absolute atomic E-state index is 13.6. The fourth-order valence-corrected chi connectivity index (χ4v) is 5.99. The van der Waals surface area contributed by atoms with Crippen LogP contribution in [0.2, 0.25) is 0 Å². The Bertz CT molecular complexity index is 1490. The lowest BCUT2D eigenvalue weighted by molar-refractivity contribution is -0.120. The molecule has 37 heavy (non-hydrogen) atoms. The first kappa shape index (κ1) is 24.7. The van der Waals surface area contributed by atoms with Crippen LogP contribution in [0.4, 0.5) is 5.69 Å². The number of aryl methyl sites for hydroxylation is 1. The van der Waals surface area contributed by atoms with Crippen molar-refractivity contribution in [2.45, 2.75) is 37.4 Å². The van der Waals surface area contributed by atoms with Gasteiger partial charge in [0.15, 0.2) is 0 Å². The fourth-order valence-electron chi connectivity index (χ4n) is 4.42. The van der Waals surface area contributed by atoms with Crippen LogP contribution < -0.4 is 10.1 Å². The summed E-state index contributed by atoms with van der Waals surface area (Å²) in [6, 6.07) is 30.4. The molecular formula is C30H28N2O4S. The predicted octanol–water partition coefficient (Wildman–Crippen LogP) is 5.33. The van der Waals surface area contributed by atoms with Crippen LogP contribution in [0.25, 0.3) is 0 Å². The van der Waals surface area contributed by atoms with Crippen LogP contribution >= 0.6 is 0 Å². The molecule has 0 fully saturated rings. The van der Waals surface area contributed by atoms with Crippen LogP contribution in [0.1, 0.15) is 22.3 Å². The Morgan fingerprint density at radius 2 is 1.51 bits per heavy atom. The van der Waals surface area contributed by atoms with E-state index in [4.69, 9.17) is 4.74 Å². The highest BCUT2D eigenvalue weighted by atomic mass is 32.2. The van der Waals surface area contributed by atoms with Crippen molar-refractivity contribution in [2.24, 2.45) is 0 Å². The van der Waals surface area contributed by atoms with E-state index in [1.165, 1.54) is 4.31 Å². The number of sulfonamides is 1. The molecule has 0 saturated carbocycles. The smallest absolute Gasteiger partial charge is 0.244 e. The zero-order valence-electron chi connectivity index (χ0n) is 20.5. The van der Waals surface area contributed by atoms with Gasteiger partial charge in [0.2, 0.25) is 15.9 Å². The molecule has 0 saturated heterocycles. The van der Waals surface area contributed by atoms with E-state index >= 15 is 0 Å². The van der Waals surface area contributed by atoms with Crippen LogP contribution in [-0.2, 0) is 34.4 Å². The molecule has 1 amide bonds. The number of fused-ring (bicyclic) bond motifs is 1. The van der Waals surface area contributed by atoms with E-state index in [0.29, 0.717) is 24.5 Å². The first-order chi connectivity index (χ1) is 17.9. The average molecular weight is 513 g/mol. The molecule has 1 N–H and O–H groups in total. The van der Waals surface area contributed by atoms with Gasteiger partial charge in [0.05, 0.1) is 4.90 Å². The topological polar surface area (TPSA) is 75.7 Å². The lowest BCUT2D eigenvalue weighted by atomic mass is 9.95. The third-order valence-electron chi connectivity index (χ3n) is 6.51. The Balaban J connectivity index is 1.35. The molecule has 1 aliphatic heterocycles. The van der Waals surface area contributed by atoms with Crippen molar-refractivity contribution >= 4 is 21.6 Å². The lowest BCUT2D eigenvalue weighted by Crippen LogP contribution is -2.50. The maximum atomic E-state index is 13.6. The second-order valence-electron chi connectivity index (χ2n) is 9.14. The fraction of sp³-hybridized carbons (Fsp3) is 0.167. The Morgan fingerprint density at radius 1 is 0.865 bits per heavy atom. The van der Waals surface area contributed by atoms with Crippen LogP contribution in [0.5, 0.6) is 5.75 Å². The summed E-state index contributed by atoms with van der Waals surface area (Å²) in [5.41, 5.74) is 4.48. The molecule has 0 unspecified atom stereocenters. The molecule has 0 aliphatic carbocycles. The minimum absolute atomic E-state index is 0.136. The minimum atomic E-state index is -3.90. The standard InChI is InChI=1S/C30H28N2O4S/c1-22-11-17-28(18-12-22)37(34,35)32-20-25-10-6-5-9-24(25)19-29(32)30(33)31-26-13-15-27(16-14-26)36-21-23-7-3-2-4-8-23/h2-18,29H,19-21H2,1H3,(H,31,33)/t29-/m0/s1. The molecule has 0 radical (unpaired) electrons. The maximum Gasteiger partial charge on any atom is 0.244 e. The highest BCUT2D eigenvalue weighted by Crippen LogP contribution is 2.30. The molecule has 7 heteroatoms. The van der Waals surface area contributed by atoms with Crippen LogP contribution in [0.15, 0.2) is 108 Å². The number of hydrogen-bond donors (Lipinski definition) is 1. The number of ether oxygens (including phenoxy) is 1. The van der Waals surface area contributed by atoms with Crippen molar-refractivity contribution in [3.8, 4) is 5.75 Å². The number of carbonyl (C=O) groups excluding carboxylic acids is 1. The number of amides is 1. The Hall–Kier alpha value is -3.94. The number of hydrogen-bond acceptors (Lipinski definition) is 4. The van der Waals surface area contributed by atoms with Crippen molar-refractivity contribution in [1.82, 2.24) is 4.31 Å². The molecule has 0 spiro atoms. The highest BCUT2D eigenvalue weighted by Gasteiger charge is 2.39. The molecule has 1 heterocycles. The number of benzene rings is 4. The Morgan fingerprint density at radius 3 is 2.22 bits per heavy atom. The molecule has 1 atom stereocenters. The Labute approximate surface area is 217 Å². The highest BCUT2D eigenvalue weighted by molar-refractivity contribution is 7.89. The summed E-state index contributed by atoms with van der Waals surface area (Å²) in [6.45, 7) is 2.48. The largest absolute Gasteiger partial charge is 0.489 e. The van der Waals surface area contributed by atoms with Gasteiger partial charge in [-0.1, -0.05) is 72.3 Å². The molecule has 1 aliphatic rings. The van der Waals surface area contributed by atoms with Crippen LogP contribution in [0, 0.1) is 6.92 Å². The van der Waals surface area contributed by atoms with Gasteiger partial charge in [-0.15, -0.1) is 0 Å². The summed E-state index contributed by atoms with van der Waals surface area (Å²) >= 11 is 0. The van der Waals surface area contributed by atoms with Gasteiger partial charge in [0.1, 0.15) is 18.4 Å². The average Bonchev–Trinajstić information content (AvgIpc) is 2.92. The van der Waals surface area contributed by atoms with E-state index in [9.17, 15) is 13.2 Å². The monoisotopic (exact) mass is 512 g/mol. The van der Waals surface area contributed by atoms with Gasteiger partial charge in [0, 0.05) is 12.2 Å². The zero-order chi connectivity index (χ0) is 25.8. The Kier molecular flexibility index (Phi) is 7.08. The summed E-state index contributed by atoms with van der Waals surface area (Å²) < 4.78 is 34.4. The summed E-state index contributed by atoms with van der Waals surface area (Å²) in [7, 11) is -3.90. The molecular weight excluding hydrogens is 484 g/mol. The molecule has 6 nitrogen and oxygen atoms in total. The van der Waals surface area contributed by atoms with Gasteiger partial charge in [-0.2, -0.15) is 4.31 Å². The first-order valence-electron chi connectivity index (χ1n) is 12.1. The number of rotatable bonds is 7. The normalized spacial score (nSPS) is 15.5. The summed E-state index contributed by atoms with van der Waals surface area (Å²) in [4.78, 5) is 13.6. The van der Waals surface area contributed by atoms with Crippen LogP contribution in [0.3, 0.4) is 0 Å². The number of anilines is 1. The van der Waals surface area contributed by atoms with Crippen molar-refractivity contribution in [1.29, 1.82) is 0 Å². The molecule has 4 aromatic carbocycles. The van der Waals surface area contributed by atoms with Gasteiger partial charge >= 0.3 is 0 Å². The quantitative estimate of drug-likeness (QED) is 0.363. The van der Waals surface area contributed by atoms with E-state index in [0.717, 1.165) is 22.3 Å². The molecule has 4 aromatic rings. The van der Waals surface area contributed by atoms with Crippen molar-refractivity contribution in [2.75, 3.05) is 5.32 Å². The predicted molar refractivity (Wildman–Crippen MR) is 144 cm³/mol. The van der Waals surface area contributed by atoms with E-state index < -0.39 is 16.1 Å². The summed E-state index contributed by atoms with van der Waals surface area (Å²) in [6.07, 6.45) is 0.297. The van der Waals surface area contributed by atoms with E-state index in [2.05, 4.69) is 5.32 Å². The summed E-state index contributed by atoms with van der Waals surface area (Å²) in [5.74, 6) is 0.306. The van der Waals surface area contributed by atoms with Crippen LogP contribution in [-0.4, -0.2) is 24.7 Å². The molecule has 5 rings (SSSR count). The van der Waals surface area contributed by atoms with Gasteiger partial charge in [0.25, 0.3) is 0 Å². The third-order valence-corrected chi connectivity index (χ3v) is 8.37. The van der Waals surface area contributed by atoms with Crippen molar-refractivity contribution in [3.05, 3.63) is 125 Å². The molecule has 188 valence electrons. The zero-order valence-corrected chi connectivity index (χ0v) is 21.3. The number of nitrogens with one attached hydrogen (secondary N) is 1. The van der Waals surface area contributed by atoms with Crippen molar-refractivity contribution < 1.29 is 17.9 Å². The van der Waals surface area contributed by atoms with Gasteiger partial charge < -0.3 is 10.1 Å². The number of nitrogens with zero attached hydrogens (tertiary/aromatic N) is 1. The van der Waals surface area contributed by atoms with E-state index in [-0.39, 0.29) is 17.3 Å². The first-order valence-corrected chi connectivity index (χ1v) is 13.6. The second-order valence-corrected chi connectivity index (χ2v) is 11.0. The SMILES string of the molecule is Cc1ccc(S(=O)(=O)N2Cc3ccccc3C[C@H]2C(=O)Nc2ccc(OCc3ccccc3)cc2)cc1. The lowest BCUT2D eigenvalue weighted by Gasteiger charge is -2.35.